The number of hydrogen-bond acceptors (Lipinski definition) is 4. The first kappa shape index (κ1) is 15.5. The molecule has 4 nitrogen and oxygen atoms in total. The van der Waals surface area contributed by atoms with Gasteiger partial charge < -0.3 is 15.2 Å². The Morgan fingerprint density at radius 1 is 1.40 bits per heavy atom. The van der Waals surface area contributed by atoms with Crippen molar-refractivity contribution in [3.8, 4) is 11.5 Å². The summed E-state index contributed by atoms with van der Waals surface area (Å²) in [6, 6.07) is 1.39. The maximum Gasteiger partial charge on any atom is 0.175 e. The van der Waals surface area contributed by atoms with Crippen LogP contribution in [0.2, 0.25) is 0 Å². The van der Waals surface area contributed by atoms with Crippen LogP contribution in [0.15, 0.2) is 10.5 Å². The zero-order valence-corrected chi connectivity index (χ0v) is 13.5. The van der Waals surface area contributed by atoms with Gasteiger partial charge in [0.05, 0.1) is 24.3 Å². The van der Waals surface area contributed by atoms with Gasteiger partial charge in [0.25, 0.3) is 0 Å². The number of likely N-dealkylation sites (tertiary alicyclic amines) is 1. The number of rotatable bonds is 4. The van der Waals surface area contributed by atoms with Gasteiger partial charge >= 0.3 is 0 Å². The number of ether oxygens (including phenoxy) is 2. The highest BCUT2D eigenvalue weighted by atomic mass is 79.9. The van der Waals surface area contributed by atoms with Crippen molar-refractivity contribution in [2.45, 2.75) is 12.5 Å². The highest BCUT2D eigenvalue weighted by Gasteiger charge is 2.35. The monoisotopic (exact) mass is 346 g/mol. The Balaban J connectivity index is 2.50. The molecule has 1 aliphatic rings. The topological polar surface area (TPSA) is 47.7 Å². The number of methoxy groups -OCH3 is 2. The van der Waals surface area contributed by atoms with E-state index in [1.807, 2.05) is 7.05 Å². The molecule has 1 aliphatic heterocycles. The molecule has 1 fully saturated rings. The molecule has 1 saturated heterocycles. The van der Waals surface area contributed by atoms with Gasteiger partial charge in [0.15, 0.2) is 11.5 Å². The third-order valence-corrected chi connectivity index (χ3v) is 4.48. The Labute approximate surface area is 127 Å². The van der Waals surface area contributed by atoms with E-state index in [-0.39, 0.29) is 11.9 Å². The molecule has 0 aromatic heterocycles. The Bertz CT molecular complexity index is 499. The summed E-state index contributed by atoms with van der Waals surface area (Å²) in [5, 5.41) is 0. The number of nitrogens with zero attached hydrogens (tertiary/aromatic N) is 1. The minimum Gasteiger partial charge on any atom is -0.492 e. The van der Waals surface area contributed by atoms with Crippen LogP contribution in [0.1, 0.15) is 18.0 Å². The van der Waals surface area contributed by atoms with E-state index in [9.17, 15) is 4.39 Å². The summed E-state index contributed by atoms with van der Waals surface area (Å²) in [6.07, 6.45) is 0.824. The number of nitrogens with two attached hydrogens (primary N) is 1. The summed E-state index contributed by atoms with van der Waals surface area (Å²) >= 11 is 3.30. The van der Waals surface area contributed by atoms with Gasteiger partial charge in [0.1, 0.15) is 5.82 Å². The lowest BCUT2D eigenvalue weighted by atomic mass is 9.98. The predicted octanol–water partition coefficient (Wildman–Crippen LogP) is 2.56. The summed E-state index contributed by atoms with van der Waals surface area (Å²) in [4.78, 5) is 2.12. The first-order valence-electron chi connectivity index (χ1n) is 6.53. The van der Waals surface area contributed by atoms with Gasteiger partial charge in [-0.15, -0.1) is 0 Å². The average molecular weight is 347 g/mol. The molecule has 20 heavy (non-hydrogen) atoms. The fourth-order valence-corrected chi connectivity index (χ4v) is 3.45. The third kappa shape index (κ3) is 2.64. The SMILES string of the molecule is COc1c(Br)cc(F)c(C2CC(CN)CN2C)c1OC. The highest BCUT2D eigenvalue weighted by Crippen LogP contribution is 2.46. The van der Waals surface area contributed by atoms with Crippen LogP contribution in [0.4, 0.5) is 4.39 Å². The van der Waals surface area contributed by atoms with E-state index < -0.39 is 0 Å². The Morgan fingerprint density at radius 3 is 2.55 bits per heavy atom. The number of hydrogen-bond donors (Lipinski definition) is 1. The van der Waals surface area contributed by atoms with Crippen LogP contribution < -0.4 is 15.2 Å². The molecule has 0 spiro atoms. The van der Waals surface area contributed by atoms with Gasteiger partial charge in [-0.3, -0.25) is 4.90 Å². The maximum absolute atomic E-state index is 14.4. The van der Waals surface area contributed by atoms with E-state index in [0.717, 1.165) is 13.0 Å². The molecule has 2 atom stereocenters. The molecule has 0 aliphatic carbocycles. The Hall–Kier alpha value is -0.850. The van der Waals surface area contributed by atoms with Crippen LogP contribution in [-0.2, 0) is 0 Å². The van der Waals surface area contributed by atoms with Crippen molar-refractivity contribution in [2.24, 2.45) is 11.7 Å². The van der Waals surface area contributed by atoms with E-state index in [4.69, 9.17) is 15.2 Å². The molecule has 0 amide bonds. The summed E-state index contributed by atoms with van der Waals surface area (Å²) in [5.74, 6) is 1.06. The predicted molar refractivity (Wildman–Crippen MR) is 79.7 cm³/mol. The molecular weight excluding hydrogens is 327 g/mol. The first-order chi connectivity index (χ1) is 9.53. The second-order valence-corrected chi connectivity index (χ2v) is 5.97. The van der Waals surface area contributed by atoms with Crippen molar-refractivity contribution >= 4 is 15.9 Å². The average Bonchev–Trinajstić information content (AvgIpc) is 2.79. The zero-order chi connectivity index (χ0) is 14.9. The molecule has 112 valence electrons. The van der Waals surface area contributed by atoms with E-state index >= 15 is 0 Å². The largest absolute Gasteiger partial charge is 0.492 e. The van der Waals surface area contributed by atoms with E-state index in [1.165, 1.54) is 13.2 Å². The van der Waals surface area contributed by atoms with Crippen LogP contribution in [-0.4, -0.2) is 39.3 Å². The van der Waals surface area contributed by atoms with Crippen molar-refractivity contribution in [1.29, 1.82) is 0 Å². The molecular formula is C14H20BrFN2O2. The maximum atomic E-state index is 14.4. The van der Waals surface area contributed by atoms with Crippen LogP contribution in [0.25, 0.3) is 0 Å². The fourth-order valence-electron chi connectivity index (χ4n) is 2.91. The summed E-state index contributed by atoms with van der Waals surface area (Å²) in [6.45, 7) is 1.47. The van der Waals surface area contributed by atoms with Crippen LogP contribution in [0, 0.1) is 11.7 Å². The molecule has 1 heterocycles. The fraction of sp³-hybridized carbons (Fsp3) is 0.571. The van der Waals surface area contributed by atoms with Gasteiger partial charge in [-0.25, -0.2) is 4.39 Å². The molecule has 2 N–H and O–H groups in total. The highest BCUT2D eigenvalue weighted by molar-refractivity contribution is 9.10. The van der Waals surface area contributed by atoms with Crippen molar-refractivity contribution in [3.05, 3.63) is 21.9 Å². The number of benzene rings is 1. The Kier molecular flexibility index (Phi) is 4.88. The molecule has 1 aromatic carbocycles. The molecule has 0 saturated carbocycles. The molecule has 0 radical (unpaired) electrons. The van der Waals surface area contributed by atoms with Gasteiger partial charge in [-0.1, -0.05) is 0 Å². The second-order valence-electron chi connectivity index (χ2n) is 5.11. The number of halogens is 2. The normalized spacial score (nSPS) is 23.1. The lowest BCUT2D eigenvalue weighted by Gasteiger charge is -2.24. The minimum atomic E-state index is -0.288. The van der Waals surface area contributed by atoms with Crippen molar-refractivity contribution in [3.63, 3.8) is 0 Å². The molecule has 0 bridgehead atoms. The van der Waals surface area contributed by atoms with Crippen LogP contribution >= 0.6 is 15.9 Å². The van der Waals surface area contributed by atoms with Gasteiger partial charge in [0.2, 0.25) is 0 Å². The Morgan fingerprint density at radius 2 is 2.05 bits per heavy atom. The minimum absolute atomic E-state index is 0.0412. The lowest BCUT2D eigenvalue weighted by Crippen LogP contribution is -2.21. The van der Waals surface area contributed by atoms with Crippen molar-refractivity contribution in [1.82, 2.24) is 4.90 Å². The van der Waals surface area contributed by atoms with Crippen LogP contribution in [0.5, 0.6) is 11.5 Å². The quantitative estimate of drug-likeness (QED) is 0.910. The van der Waals surface area contributed by atoms with Gasteiger partial charge in [-0.05, 0) is 47.9 Å². The third-order valence-electron chi connectivity index (χ3n) is 3.89. The van der Waals surface area contributed by atoms with E-state index in [1.54, 1.807) is 7.11 Å². The lowest BCUT2D eigenvalue weighted by molar-refractivity contribution is 0.287. The molecule has 2 unspecified atom stereocenters. The smallest absolute Gasteiger partial charge is 0.175 e. The van der Waals surface area contributed by atoms with Gasteiger partial charge in [-0.2, -0.15) is 0 Å². The van der Waals surface area contributed by atoms with Crippen molar-refractivity contribution < 1.29 is 13.9 Å². The second kappa shape index (κ2) is 6.28. The van der Waals surface area contributed by atoms with Crippen molar-refractivity contribution in [2.75, 3.05) is 34.4 Å². The van der Waals surface area contributed by atoms with Gasteiger partial charge in [0, 0.05) is 12.6 Å². The van der Waals surface area contributed by atoms with Crippen LogP contribution in [0.3, 0.4) is 0 Å². The molecule has 2 rings (SSSR count). The summed E-state index contributed by atoms with van der Waals surface area (Å²) in [7, 11) is 5.06. The summed E-state index contributed by atoms with van der Waals surface area (Å²) < 4.78 is 25.7. The van der Waals surface area contributed by atoms with E-state index in [2.05, 4.69) is 20.8 Å². The molecule has 1 aromatic rings. The van der Waals surface area contributed by atoms with E-state index in [0.29, 0.717) is 34.0 Å². The molecule has 6 heteroatoms. The first-order valence-corrected chi connectivity index (χ1v) is 7.32. The standard InChI is InChI=1S/C14H20BrFN2O2/c1-18-7-8(6-17)4-11(18)12-10(16)5-9(15)13(19-2)14(12)20-3/h5,8,11H,4,6-7,17H2,1-3H3. The zero-order valence-electron chi connectivity index (χ0n) is 12.0. The summed E-state index contributed by atoms with van der Waals surface area (Å²) in [5.41, 5.74) is 6.29.